The molecule has 0 radical (unpaired) electrons. The maximum atomic E-state index is 12.8. The summed E-state index contributed by atoms with van der Waals surface area (Å²) in [5.41, 5.74) is 21.8. The molecule has 107 heavy (non-hydrogen) atoms. The molecule has 0 saturated carbocycles. The first kappa shape index (κ1) is 178. The molecule has 3 aromatic carbocycles. The molecule has 1 saturated heterocycles. The number of nitrogens with zero attached hydrogens (tertiary/aromatic N) is 2. The van der Waals surface area contributed by atoms with Crippen LogP contribution in [0.3, 0.4) is 0 Å². The Morgan fingerprint density at radius 1 is 0.421 bits per heavy atom. The van der Waals surface area contributed by atoms with Crippen molar-refractivity contribution < 1.29 is 67.1 Å². The molecule has 4 rings (SSSR count). The van der Waals surface area contributed by atoms with Crippen molar-refractivity contribution in [3.8, 4) is 0 Å². The molecular weight excluding hydrogens is 1370 g/mol. The highest BCUT2D eigenvalue weighted by atomic mass is 16.2. The van der Waals surface area contributed by atoms with Crippen molar-refractivity contribution in [3.05, 3.63) is 108 Å². The summed E-state index contributed by atoms with van der Waals surface area (Å²) in [5.74, 6) is 3.12. The van der Waals surface area contributed by atoms with Crippen LogP contribution in [0.1, 0.15) is 227 Å². The van der Waals surface area contributed by atoms with Gasteiger partial charge in [0.05, 0.1) is 0 Å². The van der Waals surface area contributed by atoms with Crippen molar-refractivity contribution in [1.82, 2.24) is 51.2 Å². The number of hydrogen-bond donors (Lipinski definition) is 11. The van der Waals surface area contributed by atoms with Gasteiger partial charge in [-0.2, -0.15) is 0 Å². The van der Waals surface area contributed by atoms with E-state index >= 15 is 0 Å². The van der Waals surface area contributed by atoms with Crippen LogP contribution in [0.5, 0.6) is 0 Å². The van der Waals surface area contributed by atoms with Crippen LogP contribution in [0, 0.1) is 23.7 Å². The Kier molecular flexibility index (Phi) is 332. The zero-order chi connectivity index (χ0) is 85.6. The van der Waals surface area contributed by atoms with Gasteiger partial charge in [0.25, 0.3) is 0 Å². The molecule has 0 unspecified atom stereocenters. The molecular formula is C80H179N13O14. The number of nitrogens with one attached hydrogen (secondary N) is 2. The van der Waals surface area contributed by atoms with Gasteiger partial charge in [-0.3, -0.25) is 19.2 Å². The molecule has 27 heteroatoms. The van der Waals surface area contributed by atoms with E-state index in [0.717, 1.165) is 80.8 Å². The molecule has 4 amide bonds. The lowest BCUT2D eigenvalue weighted by Crippen LogP contribution is -2.54. The van der Waals surface area contributed by atoms with E-state index in [-0.39, 0.29) is 61.8 Å². The molecule has 0 aliphatic carbocycles. The second kappa shape index (κ2) is 199. The highest BCUT2D eigenvalue weighted by Gasteiger charge is 2.30. The molecule has 648 valence electrons. The summed E-state index contributed by atoms with van der Waals surface area (Å²) in [6.07, 6.45) is 12.7. The van der Waals surface area contributed by atoms with Crippen LogP contribution in [0.2, 0.25) is 0 Å². The maximum absolute atomic E-state index is 12.8. The molecule has 25 N–H and O–H groups in total. The smallest absolute Gasteiger partial charge is 0.244 e. The van der Waals surface area contributed by atoms with Gasteiger partial charge in [0.2, 0.25) is 23.6 Å². The molecule has 1 fully saturated rings. The fraction of sp³-hybridized carbons (Fsp3) is 0.600. The third-order valence-electron chi connectivity index (χ3n) is 11.5. The second-order valence-corrected chi connectivity index (χ2v) is 19.3. The predicted octanol–water partition coefficient (Wildman–Crippen LogP) is 14.8. The first-order chi connectivity index (χ1) is 48.6. The number of aryl methyl sites for hydroxylation is 2. The zero-order valence-corrected chi connectivity index (χ0v) is 73.0. The van der Waals surface area contributed by atoms with Gasteiger partial charge in [0.1, 0.15) is 80.0 Å². The summed E-state index contributed by atoms with van der Waals surface area (Å²) in [5, 5.41) is 5.34. The first-order valence-corrected chi connectivity index (χ1v) is 34.0. The Labute approximate surface area is 658 Å². The number of amides is 4. The van der Waals surface area contributed by atoms with Crippen LogP contribution in [-0.2, 0) is 86.4 Å². The van der Waals surface area contributed by atoms with E-state index in [2.05, 4.69) is 179 Å². The number of piperidine rings is 1. The fourth-order valence-electron chi connectivity index (χ4n) is 5.00. The summed E-state index contributed by atoms with van der Waals surface area (Å²) >= 11 is 0. The molecule has 1 aliphatic heterocycles. The number of rotatable bonds is 14. The standard InChI is InChI=1S/C20H29N3O3.2C8H10.C5H11NO.4C5H12.2C2H6.4CH5N.10CH2O.CH4.5H3N/c1-15(20(26)23-12-8-5-9-13-23)21-19(25)18(22(3)16(2)24)14-17-10-6-4-7-11-17;2*1-2-8-6-4-3-5-7-8;1-3-4-5(7)6-2;4*1-4-5(2)3;16*1-2;;;;;;/h4,6-7,10-11,15,18H,5,8-9,12-14H2,1-3H3,(H,21,25);2*3-7H,2H2,1H3;3-4H2,1-2H3,(H,6,7);4*5H,4H2,1-3H3;2*1-2H3;4*2H2,1H3;10*1H2;1H4;5*1H3/t15-,18-;;;;;;;;;;;;;;;;;;;;;;;;;;;;;/m0............................./s1. The van der Waals surface area contributed by atoms with Gasteiger partial charge >= 0.3 is 0 Å². The van der Waals surface area contributed by atoms with Crippen LogP contribution in [0.4, 0.5) is 0 Å². The molecule has 27 nitrogen and oxygen atoms in total. The van der Waals surface area contributed by atoms with Crippen molar-refractivity contribution in [1.29, 1.82) is 0 Å². The summed E-state index contributed by atoms with van der Waals surface area (Å²) in [7, 11) is 9.27. The largest absolute Gasteiger partial charge is 0.359 e. The number of carbonyl (C=O) groups is 14. The van der Waals surface area contributed by atoms with Gasteiger partial charge in [0.15, 0.2) is 0 Å². The van der Waals surface area contributed by atoms with Crippen molar-refractivity contribution in [2.45, 2.75) is 242 Å². The summed E-state index contributed by atoms with van der Waals surface area (Å²) in [6, 6.07) is 29.2. The predicted molar refractivity (Wildman–Crippen MR) is 468 cm³/mol. The van der Waals surface area contributed by atoms with Crippen LogP contribution >= 0.6 is 0 Å². The van der Waals surface area contributed by atoms with Crippen molar-refractivity contribution >= 4 is 91.5 Å². The Bertz CT molecular complexity index is 1720. The Balaban J connectivity index is -0.0000000292. The van der Waals surface area contributed by atoms with Gasteiger partial charge in [-0.1, -0.05) is 256 Å². The van der Waals surface area contributed by atoms with Gasteiger partial charge in [-0.15, -0.1) is 0 Å². The number of likely N-dealkylation sites (tertiary alicyclic amines) is 1. The van der Waals surface area contributed by atoms with Crippen molar-refractivity contribution in [2.75, 3.05) is 55.4 Å². The summed E-state index contributed by atoms with van der Waals surface area (Å²) < 4.78 is 0. The molecule has 0 aromatic heterocycles. The fourth-order valence-corrected chi connectivity index (χ4v) is 5.00. The molecule has 2 atom stereocenters. The van der Waals surface area contributed by atoms with Crippen LogP contribution < -0.4 is 64.3 Å². The molecule has 3 aromatic rings. The van der Waals surface area contributed by atoms with Crippen molar-refractivity contribution in [2.24, 2.45) is 46.6 Å². The lowest BCUT2D eigenvalue weighted by molar-refractivity contribution is -0.140. The number of benzene rings is 3. The highest BCUT2D eigenvalue weighted by molar-refractivity contribution is 5.91. The van der Waals surface area contributed by atoms with E-state index in [1.165, 1.54) is 76.8 Å². The Morgan fingerprint density at radius 3 is 0.794 bits per heavy atom. The number of likely N-dealkylation sites (N-methyl/N-ethyl adjacent to an activating group) is 1. The summed E-state index contributed by atoms with van der Waals surface area (Å²) in [4.78, 5) is 131. The maximum Gasteiger partial charge on any atom is 0.244 e. The minimum Gasteiger partial charge on any atom is -0.359 e. The minimum atomic E-state index is -0.647. The molecule has 1 heterocycles. The lowest BCUT2D eigenvalue weighted by atomic mass is 10.0. The van der Waals surface area contributed by atoms with Gasteiger partial charge in [0, 0.05) is 47.0 Å². The highest BCUT2D eigenvalue weighted by Crippen LogP contribution is 2.12. The normalized spacial score (nSPS) is 8.42. The number of nitrogens with two attached hydrogens (primary N) is 4. The Morgan fingerprint density at radius 2 is 0.636 bits per heavy atom. The zero-order valence-electron chi connectivity index (χ0n) is 73.0. The Hall–Kier alpha value is -8.12. The second-order valence-electron chi connectivity index (χ2n) is 19.3. The first-order valence-electron chi connectivity index (χ1n) is 34.0. The van der Waals surface area contributed by atoms with E-state index < -0.39 is 12.1 Å². The van der Waals surface area contributed by atoms with Gasteiger partial charge < -0.3 is 122 Å². The van der Waals surface area contributed by atoms with Crippen molar-refractivity contribution in [3.63, 3.8) is 0 Å². The number of hydrogen-bond acceptors (Lipinski definition) is 23. The average molecular weight is 1550 g/mol. The minimum absolute atomic E-state index is 0. The SMILES string of the molecule is C.C=O.C=O.C=O.C=O.C=O.C=O.C=O.C=O.C=O.C=O.CC.CC.CC(=O)N(C)[C@@H](Cc1ccccc1)C(=O)N[C@@H](C)C(=O)N1CCCCC1.CCC(C)C.CCC(C)C.CCC(C)C.CCC(C)C.CCCC(=O)NC.CCc1ccccc1.CCc1ccccc1.CN.CN.CN.CN.N.N.N.N.N. The summed E-state index contributed by atoms with van der Waals surface area (Å²) in [6.45, 7) is 65.5. The van der Waals surface area contributed by atoms with Gasteiger partial charge in [-0.25, -0.2) is 0 Å². The quantitative estimate of drug-likeness (QED) is 0.0714. The van der Waals surface area contributed by atoms with Gasteiger partial charge in [-0.05, 0) is 114 Å². The van der Waals surface area contributed by atoms with Crippen LogP contribution in [0.15, 0.2) is 91.0 Å². The van der Waals surface area contributed by atoms with E-state index in [9.17, 15) is 19.2 Å². The molecule has 0 bridgehead atoms. The third-order valence-corrected chi connectivity index (χ3v) is 11.5. The van der Waals surface area contributed by atoms with Crippen LogP contribution in [0.25, 0.3) is 0 Å². The van der Waals surface area contributed by atoms with E-state index in [1.807, 2.05) is 150 Å². The lowest BCUT2D eigenvalue weighted by Gasteiger charge is -2.31. The van der Waals surface area contributed by atoms with E-state index in [4.69, 9.17) is 47.9 Å². The third kappa shape index (κ3) is 190. The average Bonchev–Trinajstić information content (AvgIpc) is 0.852. The monoisotopic (exact) mass is 1550 g/mol. The topological polar surface area (TPSA) is 549 Å². The number of carbonyl (C=O) groups excluding carboxylic acids is 14. The van der Waals surface area contributed by atoms with E-state index in [0.29, 0.717) is 12.8 Å². The van der Waals surface area contributed by atoms with Crippen LogP contribution in [-0.4, -0.2) is 169 Å². The van der Waals surface area contributed by atoms with E-state index in [1.54, 1.807) is 21.0 Å². The molecule has 1 aliphatic rings. The molecule has 0 spiro atoms.